The summed E-state index contributed by atoms with van der Waals surface area (Å²) < 4.78 is 33.1. The lowest BCUT2D eigenvalue weighted by Crippen LogP contribution is -2.31. The van der Waals surface area contributed by atoms with Crippen molar-refractivity contribution in [1.29, 1.82) is 0 Å². The zero-order valence-corrected chi connectivity index (χ0v) is 17.1. The van der Waals surface area contributed by atoms with Crippen LogP contribution < -0.4 is 5.32 Å². The summed E-state index contributed by atoms with van der Waals surface area (Å²) in [6.45, 7) is -0.619. The average molecular weight is 427 g/mol. The predicted molar refractivity (Wildman–Crippen MR) is 111 cm³/mol. The van der Waals surface area contributed by atoms with E-state index in [1.807, 2.05) is 35.3 Å². The molecule has 0 spiro atoms. The van der Waals surface area contributed by atoms with Crippen LogP contribution in [0.3, 0.4) is 0 Å². The number of rotatable bonds is 6. The van der Waals surface area contributed by atoms with Gasteiger partial charge in [0.05, 0.1) is 24.0 Å². The molecule has 0 atom stereocenters. The van der Waals surface area contributed by atoms with Crippen molar-refractivity contribution in [2.45, 2.75) is 57.8 Å². The van der Waals surface area contributed by atoms with Gasteiger partial charge in [-0.2, -0.15) is 8.78 Å². The van der Waals surface area contributed by atoms with Gasteiger partial charge in [-0.1, -0.05) is 6.92 Å². The first-order valence-corrected chi connectivity index (χ1v) is 10.5. The molecule has 162 valence electrons. The second kappa shape index (κ2) is 8.18. The van der Waals surface area contributed by atoms with Gasteiger partial charge in [0, 0.05) is 41.5 Å². The highest BCUT2D eigenvalue weighted by Gasteiger charge is 2.24. The molecule has 4 aromatic rings. The first-order chi connectivity index (χ1) is 15.1. The van der Waals surface area contributed by atoms with E-state index in [0.717, 1.165) is 41.6 Å². The highest BCUT2D eigenvalue weighted by molar-refractivity contribution is 5.79. The molecule has 0 saturated heterocycles. The number of aryl methyl sites for hydroxylation is 1. The predicted octanol–water partition coefficient (Wildman–Crippen LogP) is 3.96. The van der Waals surface area contributed by atoms with Crippen LogP contribution in [0.15, 0.2) is 37.1 Å². The summed E-state index contributed by atoms with van der Waals surface area (Å²) in [7, 11) is 0. The fourth-order valence-electron chi connectivity index (χ4n) is 4.20. The van der Waals surface area contributed by atoms with Crippen LogP contribution in [-0.4, -0.2) is 47.7 Å². The quantitative estimate of drug-likeness (QED) is 0.502. The zero-order chi connectivity index (χ0) is 21.4. The number of hydrogen-bond acceptors (Lipinski definition) is 6. The molecule has 1 fully saturated rings. The third-order valence-corrected chi connectivity index (χ3v) is 5.83. The van der Waals surface area contributed by atoms with Crippen molar-refractivity contribution in [3.05, 3.63) is 42.7 Å². The standard InChI is InChI=1S/C21H23F2N7O/c1-2-15-10-26-21-25-9-13(12-29(15)21)17-7-8-30-18(17)11-24-20(28-30)27-14-3-5-16(6-4-14)31-19(22)23/h7-12,14,16,19H,2-6H2,1H3,(H,27,28)/t14-,16+. The minimum absolute atomic E-state index is 0.144. The SMILES string of the molecule is CCc1cnc2ncc(-c3ccn4nc(N[C@H]5CC[C@@H](OC(F)F)CC5)ncc34)cn12. The van der Waals surface area contributed by atoms with Crippen molar-refractivity contribution in [3.8, 4) is 11.1 Å². The molecule has 1 aliphatic rings. The highest BCUT2D eigenvalue weighted by Crippen LogP contribution is 2.27. The lowest BCUT2D eigenvalue weighted by Gasteiger charge is -2.28. The van der Waals surface area contributed by atoms with Crippen molar-refractivity contribution < 1.29 is 13.5 Å². The van der Waals surface area contributed by atoms with E-state index in [0.29, 0.717) is 24.6 Å². The smallest absolute Gasteiger partial charge is 0.345 e. The fraction of sp³-hybridized carbons (Fsp3) is 0.429. The number of fused-ring (bicyclic) bond motifs is 2. The Morgan fingerprint density at radius 3 is 2.71 bits per heavy atom. The van der Waals surface area contributed by atoms with Gasteiger partial charge in [0.15, 0.2) is 0 Å². The average Bonchev–Trinajstić information content (AvgIpc) is 3.37. The van der Waals surface area contributed by atoms with Crippen LogP contribution >= 0.6 is 0 Å². The third-order valence-electron chi connectivity index (χ3n) is 5.83. The number of anilines is 1. The van der Waals surface area contributed by atoms with Crippen LogP contribution in [-0.2, 0) is 11.2 Å². The molecule has 0 radical (unpaired) electrons. The van der Waals surface area contributed by atoms with Crippen LogP contribution in [0.5, 0.6) is 0 Å². The normalized spacial score (nSPS) is 19.5. The lowest BCUT2D eigenvalue weighted by atomic mass is 9.93. The van der Waals surface area contributed by atoms with Crippen LogP contribution in [0, 0.1) is 0 Å². The molecule has 0 aliphatic heterocycles. The van der Waals surface area contributed by atoms with Crippen molar-refractivity contribution in [2.75, 3.05) is 5.32 Å². The molecule has 1 aliphatic carbocycles. The molecule has 1 N–H and O–H groups in total. The molecule has 0 amide bonds. The van der Waals surface area contributed by atoms with Crippen LogP contribution in [0.2, 0.25) is 0 Å². The molecular weight excluding hydrogens is 404 g/mol. The van der Waals surface area contributed by atoms with Gasteiger partial charge in [-0.05, 0) is 38.2 Å². The molecule has 8 nitrogen and oxygen atoms in total. The number of imidazole rings is 1. The Hall–Kier alpha value is -3.14. The van der Waals surface area contributed by atoms with Gasteiger partial charge in [0.25, 0.3) is 0 Å². The molecule has 1 saturated carbocycles. The molecule has 0 unspecified atom stereocenters. The highest BCUT2D eigenvalue weighted by atomic mass is 19.3. The monoisotopic (exact) mass is 427 g/mol. The summed E-state index contributed by atoms with van der Waals surface area (Å²) in [5.74, 6) is 1.20. The number of halogens is 2. The molecule has 4 heterocycles. The molecule has 31 heavy (non-hydrogen) atoms. The summed E-state index contributed by atoms with van der Waals surface area (Å²) in [6.07, 6.45) is 12.6. The second-order valence-corrected chi connectivity index (χ2v) is 7.77. The van der Waals surface area contributed by atoms with Gasteiger partial charge in [-0.15, -0.1) is 5.10 Å². The summed E-state index contributed by atoms with van der Waals surface area (Å²) in [6, 6.07) is 2.14. The van der Waals surface area contributed by atoms with E-state index in [1.165, 1.54) is 0 Å². The van der Waals surface area contributed by atoms with E-state index >= 15 is 0 Å². The summed E-state index contributed by atoms with van der Waals surface area (Å²) in [4.78, 5) is 13.3. The Bertz CT molecular complexity index is 1200. The number of aromatic nitrogens is 6. The Labute approximate surface area is 177 Å². The van der Waals surface area contributed by atoms with Crippen LogP contribution in [0.25, 0.3) is 22.4 Å². The topological polar surface area (TPSA) is 81.6 Å². The van der Waals surface area contributed by atoms with Crippen molar-refractivity contribution in [3.63, 3.8) is 0 Å². The molecule has 10 heteroatoms. The van der Waals surface area contributed by atoms with E-state index in [1.54, 1.807) is 10.7 Å². The van der Waals surface area contributed by atoms with Gasteiger partial charge >= 0.3 is 6.61 Å². The minimum atomic E-state index is -2.71. The fourth-order valence-corrected chi connectivity index (χ4v) is 4.20. The largest absolute Gasteiger partial charge is 0.350 e. The molecular formula is C21H23F2N7O. The first-order valence-electron chi connectivity index (χ1n) is 10.5. The maximum absolute atomic E-state index is 12.4. The van der Waals surface area contributed by atoms with E-state index in [4.69, 9.17) is 0 Å². The maximum Gasteiger partial charge on any atom is 0.345 e. The Morgan fingerprint density at radius 2 is 1.94 bits per heavy atom. The maximum atomic E-state index is 12.4. The number of nitrogens with zero attached hydrogens (tertiary/aromatic N) is 6. The van der Waals surface area contributed by atoms with E-state index in [2.05, 4.69) is 37.0 Å². The van der Waals surface area contributed by atoms with Gasteiger partial charge in [-0.3, -0.25) is 4.40 Å². The minimum Gasteiger partial charge on any atom is -0.350 e. The number of alkyl halides is 2. The molecule has 0 bridgehead atoms. The van der Waals surface area contributed by atoms with Crippen LogP contribution in [0.1, 0.15) is 38.3 Å². The van der Waals surface area contributed by atoms with Crippen molar-refractivity contribution in [2.24, 2.45) is 0 Å². The molecule has 0 aromatic carbocycles. The Kier molecular flexibility index (Phi) is 5.23. The Balaban J connectivity index is 1.34. The van der Waals surface area contributed by atoms with Crippen LogP contribution in [0.4, 0.5) is 14.7 Å². The van der Waals surface area contributed by atoms with Crippen molar-refractivity contribution in [1.82, 2.24) is 29.0 Å². The van der Waals surface area contributed by atoms with Crippen molar-refractivity contribution >= 4 is 17.2 Å². The lowest BCUT2D eigenvalue weighted by molar-refractivity contribution is -0.169. The van der Waals surface area contributed by atoms with Gasteiger partial charge in [0.2, 0.25) is 11.7 Å². The first kappa shape index (κ1) is 19.8. The second-order valence-electron chi connectivity index (χ2n) is 7.77. The van der Waals surface area contributed by atoms with E-state index in [-0.39, 0.29) is 12.1 Å². The summed E-state index contributed by atoms with van der Waals surface area (Å²) in [5.41, 5.74) is 3.92. The zero-order valence-electron chi connectivity index (χ0n) is 17.1. The molecule has 5 rings (SSSR count). The van der Waals surface area contributed by atoms with E-state index in [9.17, 15) is 8.78 Å². The number of ether oxygens (including phenoxy) is 1. The van der Waals surface area contributed by atoms with E-state index < -0.39 is 6.61 Å². The van der Waals surface area contributed by atoms with Gasteiger partial charge in [0.1, 0.15) is 0 Å². The number of nitrogens with one attached hydrogen (secondary N) is 1. The Morgan fingerprint density at radius 1 is 1.13 bits per heavy atom. The number of hydrogen-bond donors (Lipinski definition) is 1. The van der Waals surface area contributed by atoms with Gasteiger partial charge < -0.3 is 10.1 Å². The summed E-state index contributed by atoms with van der Waals surface area (Å²) in [5, 5.41) is 7.89. The summed E-state index contributed by atoms with van der Waals surface area (Å²) >= 11 is 0. The third kappa shape index (κ3) is 3.95. The van der Waals surface area contributed by atoms with Gasteiger partial charge in [-0.25, -0.2) is 19.5 Å². The molecule has 4 aromatic heterocycles.